The Kier molecular flexibility index (Phi) is 14.7. The predicted octanol–water partition coefficient (Wildman–Crippen LogP) is 8.34. The van der Waals surface area contributed by atoms with Crippen LogP contribution in [0.25, 0.3) is 32.1 Å². The zero-order chi connectivity index (χ0) is 48.7. The van der Waals surface area contributed by atoms with Gasteiger partial charge in [-0.25, -0.2) is 45.2 Å². The molecule has 11 rings (SSSR count). The number of guanidine groups is 1. The smallest absolute Gasteiger partial charge is 0.225 e. The number of aromatic nitrogens is 4. The lowest BCUT2D eigenvalue weighted by Gasteiger charge is -2.49. The molecule has 0 amide bonds. The summed E-state index contributed by atoms with van der Waals surface area (Å²) in [5, 5.41) is 22.3. The number of anilines is 2. The van der Waals surface area contributed by atoms with E-state index < -0.39 is 16.9 Å². The van der Waals surface area contributed by atoms with Gasteiger partial charge in [0.15, 0.2) is 5.69 Å². The Hall–Kier alpha value is -8.18. The van der Waals surface area contributed by atoms with Gasteiger partial charge in [0, 0.05) is 70.4 Å². The highest BCUT2D eigenvalue weighted by Crippen LogP contribution is 2.52. The summed E-state index contributed by atoms with van der Waals surface area (Å²) in [5.41, 5.74) is 13.4. The molecule has 18 nitrogen and oxygen atoms in total. The highest BCUT2D eigenvalue weighted by Gasteiger charge is 2.56. The number of hydroxylamine groups is 3. The normalized spacial score (nSPS) is 22.1. The largest absolute Gasteiger partial charge is 0.485 e. The molecule has 3 unspecified atom stereocenters. The molecular weight excluding hydrogens is 920 g/mol. The summed E-state index contributed by atoms with van der Waals surface area (Å²) in [6.07, 6.45) is 11.7. The maximum atomic E-state index is 9.33. The van der Waals surface area contributed by atoms with Crippen molar-refractivity contribution in [2.24, 2.45) is 15.8 Å². The molecular formula is C52H51ClN14O4. The summed E-state index contributed by atoms with van der Waals surface area (Å²) in [6.45, 7) is 17.6. The van der Waals surface area contributed by atoms with Crippen LogP contribution in [-0.2, 0) is 10.6 Å². The van der Waals surface area contributed by atoms with E-state index in [2.05, 4.69) is 50.7 Å². The number of ether oxygens (including phenoxy) is 2. The first-order chi connectivity index (χ1) is 34.1. The Morgan fingerprint density at radius 3 is 1.97 bits per heavy atom. The number of hydrogen-bond donors (Lipinski definition) is 3. The molecule has 3 spiro atoms. The standard InChI is InChI=1S/C26H25N7O2.C25H20N6O.CH5NO.ClH/c1-32-23(28)31-26(35-32)16-25(9-3-12-33(17-25)24-29-10-4-11-30-24)34-22-8-7-20(14-21(22)26)19-6-2-5-18(13-19)15-27;1-26-20-7-3-6-18(14-20)19-8-9-23-21(15-19)22(30-27-2)16-25(32-23)10-4-13-31(17-25)24-28-11-5-12-29-24;1-2-3;/h2,4-8,10-11,13-14H,3,9,12,16-17H2,1H3,(H2,28,31);3,5-9,11-12,14-15H,4,10,13,16-17H2;2-3H,1H3;1H/b;30-22-;;. The van der Waals surface area contributed by atoms with Crippen molar-refractivity contribution in [2.45, 2.75) is 55.5 Å². The third-order valence-electron chi connectivity index (χ3n) is 12.9. The fourth-order valence-electron chi connectivity index (χ4n) is 9.90. The van der Waals surface area contributed by atoms with Gasteiger partial charge in [-0.2, -0.15) is 11.8 Å². The minimum Gasteiger partial charge on any atom is -0.485 e. The van der Waals surface area contributed by atoms with Crippen molar-refractivity contribution in [2.75, 3.05) is 50.1 Å². The van der Waals surface area contributed by atoms with Crippen molar-refractivity contribution in [1.82, 2.24) is 30.5 Å². The number of rotatable bonds is 4. The minimum absolute atomic E-state index is 0. The van der Waals surface area contributed by atoms with Crippen molar-refractivity contribution in [3.05, 3.63) is 161 Å². The van der Waals surface area contributed by atoms with E-state index in [0.29, 0.717) is 55.0 Å². The minimum atomic E-state index is -1.00. The molecule has 0 radical (unpaired) electrons. The second-order valence-corrected chi connectivity index (χ2v) is 17.6. The van der Waals surface area contributed by atoms with Gasteiger partial charge >= 0.3 is 0 Å². The van der Waals surface area contributed by atoms with Crippen LogP contribution in [0, 0.1) is 24.5 Å². The van der Waals surface area contributed by atoms with Gasteiger partial charge < -0.3 is 30.2 Å². The third kappa shape index (κ3) is 10.4. The second kappa shape index (κ2) is 21.2. The van der Waals surface area contributed by atoms with Crippen LogP contribution in [0.15, 0.2) is 132 Å². The first-order valence-electron chi connectivity index (χ1n) is 22.8. The molecule has 71 heavy (non-hydrogen) atoms. The number of piperidine rings is 2. The van der Waals surface area contributed by atoms with Crippen LogP contribution >= 0.6 is 12.4 Å². The van der Waals surface area contributed by atoms with Crippen LogP contribution in [0.1, 0.15) is 55.2 Å². The summed E-state index contributed by atoms with van der Waals surface area (Å²) < 4.78 is 13.3. The molecule has 4 aromatic carbocycles. The number of nitrogens with zero attached hydrogens (tertiary/aromatic N) is 12. The number of benzene rings is 4. The molecule has 2 saturated heterocycles. The average Bonchev–Trinajstić information content (AvgIpc) is 3.68. The summed E-state index contributed by atoms with van der Waals surface area (Å²) in [4.78, 5) is 40.1. The van der Waals surface area contributed by atoms with Gasteiger partial charge in [0.25, 0.3) is 0 Å². The van der Waals surface area contributed by atoms with E-state index in [-0.39, 0.29) is 12.4 Å². The number of nitrogens with one attached hydrogen (secondary N) is 1. The molecule has 0 saturated carbocycles. The molecule has 2 fully saturated rings. The molecule has 2 aromatic heterocycles. The first kappa shape index (κ1) is 49.2. The van der Waals surface area contributed by atoms with Gasteiger partial charge in [0.2, 0.25) is 23.6 Å². The van der Waals surface area contributed by atoms with Crippen molar-refractivity contribution < 1.29 is 19.5 Å². The van der Waals surface area contributed by atoms with E-state index in [0.717, 1.165) is 89.4 Å². The number of fused-ring (bicyclic) bond motifs is 3. The molecule has 6 aromatic rings. The average molecular weight is 972 g/mol. The number of hydrogen-bond acceptors (Lipinski definition) is 16. The van der Waals surface area contributed by atoms with Crippen LogP contribution in [0.5, 0.6) is 11.5 Å². The summed E-state index contributed by atoms with van der Waals surface area (Å²) in [7, 11) is 3.20. The quantitative estimate of drug-likeness (QED) is 0.112. The van der Waals surface area contributed by atoms with E-state index in [4.69, 9.17) is 43.4 Å². The topological polar surface area (TPSA) is 204 Å². The van der Waals surface area contributed by atoms with E-state index in [1.807, 2.05) is 84.9 Å². The monoisotopic (exact) mass is 970 g/mol. The van der Waals surface area contributed by atoms with Crippen molar-refractivity contribution in [3.63, 3.8) is 0 Å². The predicted molar refractivity (Wildman–Crippen MR) is 271 cm³/mol. The lowest BCUT2D eigenvalue weighted by atomic mass is 9.79. The molecule has 7 heterocycles. The van der Waals surface area contributed by atoms with Gasteiger partial charge in [-0.1, -0.05) is 42.5 Å². The SMILES string of the molecule is CN1OC2(CC3(CCCN(c4ncccn4)C3)Oc3ccc(-c4cccc(C#N)c4)cc32)N=C1N.CNO.Cl.[C-]#[N+]/N=C1/CC2(CCCN(c3ncccn3)C2)Oc2ccc(-c3cccc([N+]#[C-])c3)cc21. The van der Waals surface area contributed by atoms with Gasteiger partial charge in [0.1, 0.15) is 28.4 Å². The maximum Gasteiger partial charge on any atom is 0.225 e. The zero-order valence-corrected chi connectivity index (χ0v) is 40.0. The van der Waals surface area contributed by atoms with Crippen LogP contribution in [0.4, 0.5) is 17.6 Å². The van der Waals surface area contributed by atoms with Crippen LogP contribution in [-0.4, -0.2) is 93.4 Å². The van der Waals surface area contributed by atoms with Gasteiger partial charge in [-0.05, 0) is 103 Å². The van der Waals surface area contributed by atoms with E-state index in [1.165, 1.54) is 12.1 Å². The highest BCUT2D eigenvalue weighted by molar-refractivity contribution is 6.05. The van der Waals surface area contributed by atoms with Crippen molar-refractivity contribution >= 4 is 41.7 Å². The van der Waals surface area contributed by atoms with E-state index in [9.17, 15) is 5.26 Å². The first-order valence-corrected chi connectivity index (χ1v) is 22.8. The summed E-state index contributed by atoms with van der Waals surface area (Å²) in [5.74, 6) is 3.16. The maximum absolute atomic E-state index is 9.33. The van der Waals surface area contributed by atoms with Crippen LogP contribution in [0.2, 0.25) is 0 Å². The Balaban J connectivity index is 0.000000179. The van der Waals surface area contributed by atoms with Crippen LogP contribution in [0.3, 0.4) is 0 Å². The van der Waals surface area contributed by atoms with Crippen molar-refractivity contribution in [3.8, 4) is 39.8 Å². The molecule has 5 aliphatic rings. The molecule has 360 valence electrons. The number of nitriles is 1. The summed E-state index contributed by atoms with van der Waals surface area (Å²) in [6, 6.07) is 32.9. The lowest BCUT2D eigenvalue weighted by molar-refractivity contribution is -0.205. The number of aliphatic imine (C=N–C) groups is 1. The fourth-order valence-corrected chi connectivity index (χ4v) is 9.90. The molecule has 4 N–H and O–H groups in total. The molecule has 0 aliphatic carbocycles. The van der Waals surface area contributed by atoms with E-state index >= 15 is 0 Å². The van der Waals surface area contributed by atoms with Crippen LogP contribution < -0.4 is 30.5 Å². The highest BCUT2D eigenvalue weighted by atomic mass is 35.5. The second-order valence-electron chi connectivity index (χ2n) is 17.6. The molecule has 0 bridgehead atoms. The van der Waals surface area contributed by atoms with E-state index in [1.54, 1.807) is 49.4 Å². The Morgan fingerprint density at radius 2 is 1.35 bits per heavy atom. The molecule has 19 heteroatoms. The van der Waals surface area contributed by atoms with Gasteiger partial charge in [-0.15, -0.1) is 17.4 Å². The Labute approximate surface area is 418 Å². The number of nitrogens with two attached hydrogens (primary N) is 1. The zero-order valence-electron chi connectivity index (χ0n) is 39.1. The van der Waals surface area contributed by atoms with Gasteiger partial charge in [-0.3, -0.25) is 0 Å². The molecule has 3 atom stereocenters. The fraction of sp³-hybridized carbons (Fsp3) is 0.288. The summed E-state index contributed by atoms with van der Waals surface area (Å²) >= 11 is 0. The lowest BCUT2D eigenvalue weighted by Crippen LogP contribution is -2.57. The number of halogens is 1. The van der Waals surface area contributed by atoms with Gasteiger partial charge in [0.05, 0.1) is 42.0 Å². The Bertz CT molecular complexity index is 3070. The third-order valence-corrected chi connectivity index (χ3v) is 12.9. The molecule has 5 aliphatic heterocycles. The Morgan fingerprint density at radius 1 is 0.775 bits per heavy atom. The van der Waals surface area contributed by atoms with Crippen molar-refractivity contribution in [1.29, 1.82) is 5.26 Å².